The van der Waals surface area contributed by atoms with Gasteiger partial charge in [0.05, 0.1) is 27.8 Å². The molecule has 0 unspecified atom stereocenters. The molecule has 0 aliphatic heterocycles. The Labute approximate surface area is 325 Å². The molecule has 4 heterocycles. The first kappa shape index (κ1) is 31.5. The van der Waals surface area contributed by atoms with Crippen LogP contribution in [0.2, 0.25) is 0 Å². The highest BCUT2D eigenvalue weighted by molar-refractivity contribution is 6.26. The van der Waals surface area contributed by atoms with Crippen molar-refractivity contribution >= 4 is 65.6 Å². The molecule has 0 aliphatic rings. The van der Waals surface area contributed by atoms with Gasteiger partial charge in [-0.1, -0.05) is 109 Å². The lowest BCUT2D eigenvalue weighted by molar-refractivity contribution is 0.622. The Morgan fingerprint density at radius 3 is 1.89 bits per heavy atom. The van der Waals surface area contributed by atoms with Crippen LogP contribution in [0, 0.1) is 0 Å². The second kappa shape index (κ2) is 12.3. The van der Waals surface area contributed by atoms with Crippen molar-refractivity contribution < 1.29 is 8.83 Å². The zero-order valence-corrected chi connectivity index (χ0v) is 30.4. The van der Waals surface area contributed by atoms with Crippen LogP contribution in [-0.4, -0.2) is 19.5 Å². The van der Waals surface area contributed by atoms with Gasteiger partial charge in [-0.05, 0) is 83.6 Å². The van der Waals surface area contributed by atoms with Gasteiger partial charge in [0, 0.05) is 44.1 Å². The van der Waals surface area contributed by atoms with Crippen LogP contribution in [-0.2, 0) is 0 Å². The van der Waals surface area contributed by atoms with Gasteiger partial charge in [0.1, 0.15) is 16.7 Å². The van der Waals surface area contributed by atoms with Crippen molar-refractivity contribution in [3.05, 3.63) is 182 Å². The van der Waals surface area contributed by atoms with Gasteiger partial charge < -0.3 is 13.4 Å². The fourth-order valence-electron chi connectivity index (χ4n) is 8.45. The summed E-state index contributed by atoms with van der Waals surface area (Å²) in [6.45, 7) is 0. The molecular weight excluding hydrogens is 701 g/mol. The molecule has 266 valence electrons. The van der Waals surface area contributed by atoms with E-state index in [4.69, 9.17) is 23.8 Å². The highest BCUT2D eigenvalue weighted by Gasteiger charge is 2.21. The first-order chi connectivity index (χ1) is 28.2. The van der Waals surface area contributed by atoms with Gasteiger partial charge in [0.25, 0.3) is 0 Å². The Morgan fingerprint density at radius 2 is 1.07 bits per heavy atom. The summed E-state index contributed by atoms with van der Waals surface area (Å²) in [4.78, 5) is 15.5. The number of hydrogen-bond donors (Lipinski definition) is 0. The fraction of sp³-hybridized carbons (Fsp3) is 0. The lowest BCUT2D eigenvalue weighted by Gasteiger charge is -2.12. The van der Waals surface area contributed by atoms with E-state index in [1.807, 2.05) is 66.7 Å². The second-order valence-electron chi connectivity index (χ2n) is 14.4. The Kier molecular flexibility index (Phi) is 6.83. The fourth-order valence-corrected chi connectivity index (χ4v) is 8.45. The van der Waals surface area contributed by atoms with Crippen molar-refractivity contribution in [3.8, 4) is 51.0 Å². The summed E-state index contributed by atoms with van der Waals surface area (Å²) in [5, 5.41) is 6.29. The van der Waals surface area contributed by atoms with Gasteiger partial charge in [-0.25, -0.2) is 15.0 Å². The third-order valence-electron chi connectivity index (χ3n) is 11.1. The van der Waals surface area contributed by atoms with Gasteiger partial charge >= 0.3 is 0 Å². The van der Waals surface area contributed by atoms with Crippen molar-refractivity contribution in [1.29, 1.82) is 0 Å². The molecule has 0 N–H and O–H groups in total. The van der Waals surface area contributed by atoms with Crippen molar-refractivity contribution in [2.75, 3.05) is 0 Å². The minimum atomic E-state index is 0.579. The Balaban J connectivity index is 1.08. The van der Waals surface area contributed by atoms with Gasteiger partial charge in [0.15, 0.2) is 11.4 Å². The summed E-state index contributed by atoms with van der Waals surface area (Å²) in [5.74, 6) is 1.22. The SMILES string of the molecule is c1ccc(-c2cc(-c3ccc4c(c3)c3ccccc3n4-c3ccccc3)nc(-c3cccc4c3ccc3oc5ccc6nc(-c7ccccc7)oc6c5c34)n2)cc1. The first-order valence-corrected chi connectivity index (χ1v) is 19.0. The maximum Gasteiger partial charge on any atom is 0.227 e. The van der Waals surface area contributed by atoms with E-state index in [0.29, 0.717) is 17.3 Å². The monoisotopic (exact) mass is 730 g/mol. The lowest BCUT2D eigenvalue weighted by Crippen LogP contribution is -1.97. The molecule has 8 aromatic carbocycles. The Morgan fingerprint density at radius 1 is 0.404 bits per heavy atom. The Bertz CT molecular complexity index is 3510. The topological polar surface area (TPSA) is 69.9 Å². The van der Waals surface area contributed by atoms with Crippen LogP contribution >= 0.6 is 0 Å². The van der Waals surface area contributed by atoms with E-state index in [1.165, 1.54) is 10.8 Å². The van der Waals surface area contributed by atoms with E-state index in [1.54, 1.807) is 0 Å². The van der Waals surface area contributed by atoms with Crippen molar-refractivity contribution in [1.82, 2.24) is 19.5 Å². The van der Waals surface area contributed by atoms with E-state index < -0.39 is 0 Å². The molecular formula is C51H30N4O2. The molecule has 0 spiro atoms. The minimum Gasteiger partial charge on any atom is -0.456 e. The molecule has 0 atom stereocenters. The number of furan rings is 1. The molecule has 0 fully saturated rings. The van der Waals surface area contributed by atoms with Crippen LogP contribution in [0.5, 0.6) is 0 Å². The quantitative estimate of drug-likeness (QED) is 0.176. The normalized spacial score (nSPS) is 11.9. The number of fused-ring (bicyclic) bond motifs is 10. The molecule has 6 nitrogen and oxygen atoms in total. The van der Waals surface area contributed by atoms with Crippen LogP contribution in [0.1, 0.15) is 0 Å². The predicted octanol–water partition coefficient (Wildman–Crippen LogP) is 13.4. The molecule has 0 amide bonds. The molecule has 0 saturated heterocycles. The molecule has 6 heteroatoms. The smallest absolute Gasteiger partial charge is 0.227 e. The zero-order chi connectivity index (χ0) is 37.5. The number of nitrogens with zero attached hydrogens (tertiary/aromatic N) is 4. The molecule has 12 aromatic rings. The highest BCUT2D eigenvalue weighted by Crippen LogP contribution is 2.42. The predicted molar refractivity (Wildman–Crippen MR) is 230 cm³/mol. The number of rotatable bonds is 5. The molecule has 57 heavy (non-hydrogen) atoms. The summed E-state index contributed by atoms with van der Waals surface area (Å²) in [6, 6.07) is 62.7. The van der Waals surface area contributed by atoms with E-state index in [2.05, 4.69) is 120 Å². The number of hydrogen-bond acceptors (Lipinski definition) is 5. The maximum atomic E-state index is 6.51. The molecule has 0 bridgehead atoms. The van der Waals surface area contributed by atoms with Crippen LogP contribution in [0.25, 0.3) is 117 Å². The minimum absolute atomic E-state index is 0.579. The van der Waals surface area contributed by atoms with Crippen LogP contribution in [0.4, 0.5) is 0 Å². The third kappa shape index (κ3) is 4.94. The maximum absolute atomic E-state index is 6.51. The van der Waals surface area contributed by atoms with E-state index in [-0.39, 0.29) is 0 Å². The standard InChI is InChI=1S/C51H30N4O2/c1-4-13-31(14-5-1)41-30-42(33-23-26-44-39(29-33)36-19-10-11-22-43(36)55(44)34-17-8-3-9-18-34)53-50(52-41)38-21-12-20-37-35(38)24-27-45-47(37)48-46(56-45)28-25-40-49(48)57-51(54-40)32-15-6-2-7-16-32/h1-30H. The summed E-state index contributed by atoms with van der Waals surface area (Å²) in [6.07, 6.45) is 0. The average Bonchev–Trinajstić information content (AvgIpc) is 3.99. The number of para-hydroxylation sites is 2. The van der Waals surface area contributed by atoms with Crippen molar-refractivity contribution in [2.24, 2.45) is 0 Å². The van der Waals surface area contributed by atoms with Gasteiger partial charge in [-0.3, -0.25) is 0 Å². The third-order valence-corrected chi connectivity index (χ3v) is 11.1. The van der Waals surface area contributed by atoms with Crippen LogP contribution in [0.3, 0.4) is 0 Å². The number of oxazole rings is 1. The summed E-state index contributed by atoms with van der Waals surface area (Å²) >= 11 is 0. The molecule has 4 aromatic heterocycles. The van der Waals surface area contributed by atoms with Gasteiger partial charge in [-0.2, -0.15) is 0 Å². The first-order valence-electron chi connectivity index (χ1n) is 19.0. The summed E-state index contributed by atoms with van der Waals surface area (Å²) in [5.41, 5.74) is 12.1. The van der Waals surface area contributed by atoms with Gasteiger partial charge in [0.2, 0.25) is 5.89 Å². The average molecular weight is 731 g/mol. The van der Waals surface area contributed by atoms with Crippen molar-refractivity contribution in [2.45, 2.75) is 0 Å². The van der Waals surface area contributed by atoms with Crippen molar-refractivity contribution in [3.63, 3.8) is 0 Å². The van der Waals surface area contributed by atoms with Crippen LogP contribution in [0.15, 0.2) is 191 Å². The largest absolute Gasteiger partial charge is 0.456 e. The second-order valence-corrected chi connectivity index (χ2v) is 14.4. The van der Waals surface area contributed by atoms with E-state index in [0.717, 1.165) is 88.6 Å². The molecule has 12 rings (SSSR count). The Hall–Kier alpha value is -7.83. The summed E-state index contributed by atoms with van der Waals surface area (Å²) < 4.78 is 15.3. The lowest BCUT2D eigenvalue weighted by atomic mass is 9.98. The van der Waals surface area contributed by atoms with Gasteiger partial charge in [-0.15, -0.1) is 0 Å². The zero-order valence-electron chi connectivity index (χ0n) is 30.4. The highest BCUT2D eigenvalue weighted by atomic mass is 16.4. The molecule has 0 radical (unpaired) electrons. The van der Waals surface area contributed by atoms with E-state index >= 15 is 0 Å². The van der Waals surface area contributed by atoms with E-state index in [9.17, 15) is 0 Å². The number of benzene rings is 8. The summed E-state index contributed by atoms with van der Waals surface area (Å²) in [7, 11) is 0. The molecule has 0 aliphatic carbocycles. The van der Waals surface area contributed by atoms with Crippen LogP contribution < -0.4 is 0 Å². The number of aromatic nitrogens is 4. The molecule has 0 saturated carbocycles.